The third-order valence-corrected chi connectivity index (χ3v) is 7.50. The minimum Gasteiger partial charge on any atom is -0.508 e. The van der Waals surface area contributed by atoms with Crippen LogP contribution in [-0.4, -0.2) is 120 Å². The zero-order valence-electron chi connectivity index (χ0n) is 22.6. The first kappa shape index (κ1) is 30.9. The minimum absolute atomic E-state index is 0.0631. The molecule has 2 saturated heterocycles. The van der Waals surface area contributed by atoms with Crippen LogP contribution in [0.4, 0.5) is 0 Å². The smallest absolute Gasteiger partial charge is 0.239 e. The summed E-state index contributed by atoms with van der Waals surface area (Å²) in [5.74, 6) is -1.51. The summed E-state index contributed by atoms with van der Waals surface area (Å²) in [6, 6.07) is 7.63. The fourth-order valence-corrected chi connectivity index (χ4v) is 5.16. The first-order chi connectivity index (χ1) is 20.4. The van der Waals surface area contributed by atoms with Crippen molar-refractivity contribution in [2.45, 2.75) is 68.1 Å². The van der Waals surface area contributed by atoms with Gasteiger partial charge in [0.25, 0.3) is 0 Å². The number of ether oxygens (including phenoxy) is 4. The fourth-order valence-electron chi connectivity index (χ4n) is 5.16. The zero-order chi connectivity index (χ0) is 31.2. The molecule has 2 aliphatic heterocycles. The Balaban J connectivity index is 1.38. The van der Waals surface area contributed by atoms with Gasteiger partial charge in [-0.05, 0) is 31.2 Å². The van der Waals surface area contributed by atoms with Crippen LogP contribution in [0.3, 0.4) is 0 Å². The molecule has 15 nitrogen and oxygen atoms in total. The predicted octanol–water partition coefficient (Wildman–Crippen LogP) is -1.35. The summed E-state index contributed by atoms with van der Waals surface area (Å²) in [7, 11) is 0. The number of rotatable bonds is 7. The fraction of sp³-hybridized carbons (Fsp3) is 0.464. The van der Waals surface area contributed by atoms with Gasteiger partial charge in [0.2, 0.25) is 11.2 Å². The molecule has 2 aromatic carbocycles. The Morgan fingerprint density at radius 3 is 2.16 bits per heavy atom. The maximum absolute atomic E-state index is 13.5. The van der Waals surface area contributed by atoms with E-state index in [1.165, 1.54) is 31.2 Å². The number of aliphatic hydroxyl groups excluding tert-OH is 6. The number of fused-ring (bicyclic) bond motifs is 1. The van der Waals surface area contributed by atoms with Gasteiger partial charge in [-0.25, -0.2) is 0 Å². The van der Waals surface area contributed by atoms with Crippen LogP contribution in [0.5, 0.6) is 23.0 Å². The number of phenolic OH excluding ortho intramolecular Hbond substituents is 3. The van der Waals surface area contributed by atoms with Crippen LogP contribution in [-0.2, 0) is 14.2 Å². The molecule has 0 unspecified atom stereocenters. The van der Waals surface area contributed by atoms with Crippen LogP contribution >= 0.6 is 0 Å². The van der Waals surface area contributed by atoms with Crippen molar-refractivity contribution in [1.82, 2.24) is 0 Å². The molecule has 0 aliphatic carbocycles. The van der Waals surface area contributed by atoms with Crippen LogP contribution in [0.2, 0.25) is 0 Å². The van der Waals surface area contributed by atoms with Gasteiger partial charge < -0.3 is 69.3 Å². The zero-order valence-corrected chi connectivity index (χ0v) is 22.6. The van der Waals surface area contributed by atoms with Crippen molar-refractivity contribution in [3.63, 3.8) is 0 Å². The molecule has 0 bridgehead atoms. The molecule has 3 heterocycles. The van der Waals surface area contributed by atoms with Gasteiger partial charge in [0.05, 0.1) is 12.7 Å². The molecule has 5 rings (SSSR count). The van der Waals surface area contributed by atoms with Gasteiger partial charge in [-0.3, -0.25) is 4.79 Å². The standard InChI is InChI=1S/C28H32O15/c1-10-25(43-28-24(38)22(36)19(33)16(8-29)42-28)23(37)20(34)17(40-10)9-39-27-21(35)18-14(32)6-13(31)7-15(18)41-26(27)11-2-4-12(30)5-3-11/h2-7,10,16-17,19-20,22-25,28-34,36-38H,8-9H2,1H3/t10-,16+,17-,19+,20-,22-,23-,24+,25-,28-/m0/s1. The first-order valence-corrected chi connectivity index (χ1v) is 13.3. The van der Waals surface area contributed by atoms with E-state index >= 15 is 0 Å². The van der Waals surface area contributed by atoms with Crippen molar-refractivity contribution in [2.75, 3.05) is 13.2 Å². The van der Waals surface area contributed by atoms with Gasteiger partial charge >= 0.3 is 0 Å². The number of benzene rings is 2. The molecular weight excluding hydrogens is 576 g/mol. The lowest BCUT2D eigenvalue weighted by Gasteiger charge is -2.45. The number of phenols is 3. The van der Waals surface area contributed by atoms with E-state index in [0.29, 0.717) is 5.56 Å². The Labute approximate surface area is 242 Å². The quantitative estimate of drug-likeness (QED) is 0.150. The van der Waals surface area contributed by atoms with Gasteiger partial charge in [0.1, 0.15) is 83.7 Å². The second-order valence-electron chi connectivity index (χ2n) is 10.4. The van der Waals surface area contributed by atoms with Crippen LogP contribution in [0, 0.1) is 0 Å². The molecule has 10 atom stereocenters. The first-order valence-electron chi connectivity index (χ1n) is 13.3. The number of aliphatic hydroxyl groups is 6. The molecule has 0 saturated carbocycles. The average molecular weight is 609 g/mol. The lowest BCUT2D eigenvalue weighted by molar-refractivity contribution is -0.339. The molecule has 0 radical (unpaired) electrons. The van der Waals surface area contributed by atoms with Crippen LogP contribution in [0.1, 0.15) is 6.92 Å². The highest BCUT2D eigenvalue weighted by atomic mass is 16.7. The molecule has 1 aromatic heterocycles. The summed E-state index contributed by atoms with van der Waals surface area (Å²) >= 11 is 0. The van der Waals surface area contributed by atoms with Crippen LogP contribution in [0.25, 0.3) is 22.3 Å². The number of aromatic hydroxyl groups is 3. The highest BCUT2D eigenvalue weighted by Crippen LogP contribution is 2.37. The summed E-state index contributed by atoms with van der Waals surface area (Å²) in [5.41, 5.74) is -0.671. The topological polar surface area (TPSA) is 249 Å². The summed E-state index contributed by atoms with van der Waals surface area (Å²) in [6.45, 7) is 0.281. The van der Waals surface area contributed by atoms with E-state index in [-0.39, 0.29) is 28.2 Å². The molecule has 234 valence electrons. The van der Waals surface area contributed by atoms with Crippen molar-refractivity contribution >= 4 is 11.0 Å². The number of hydrogen-bond donors (Lipinski definition) is 9. The second kappa shape index (κ2) is 12.2. The van der Waals surface area contributed by atoms with Gasteiger partial charge in [0.15, 0.2) is 12.1 Å². The van der Waals surface area contributed by atoms with Crippen molar-refractivity contribution in [3.05, 3.63) is 46.6 Å². The molecule has 9 N–H and O–H groups in total. The van der Waals surface area contributed by atoms with E-state index in [2.05, 4.69) is 0 Å². The maximum Gasteiger partial charge on any atom is 0.239 e. The molecule has 0 spiro atoms. The van der Waals surface area contributed by atoms with E-state index in [4.69, 9.17) is 23.4 Å². The summed E-state index contributed by atoms with van der Waals surface area (Å²) in [6.07, 6.45) is -14.8. The largest absolute Gasteiger partial charge is 0.508 e. The lowest BCUT2D eigenvalue weighted by Crippen LogP contribution is -2.64. The Bertz CT molecular complexity index is 1490. The highest BCUT2D eigenvalue weighted by molar-refractivity contribution is 5.88. The Hall–Kier alpha value is -3.51. The van der Waals surface area contributed by atoms with Crippen molar-refractivity contribution in [2.24, 2.45) is 0 Å². The van der Waals surface area contributed by atoms with Crippen molar-refractivity contribution in [1.29, 1.82) is 0 Å². The summed E-state index contributed by atoms with van der Waals surface area (Å²) in [5, 5.41) is 91.1. The summed E-state index contributed by atoms with van der Waals surface area (Å²) < 4.78 is 28.3. The van der Waals surface area contributed by atoms with Gasteiger partial charge in [-0.1, -0.05) is 0 Å². The SMILES string of the molecule is C[C@@H]1O[C@@H](COc2c(-c3ccc(O)cc3)oc3cc(O)cc(O)c3c2=O)[C@H](O)[C@H](O)[C@H]1O[C@@H]1O[C@H](CO)[C@@H](O)[C@H](O)[C@H]1O. The van der Waals surface area contributed by atoms with E-state index in [0.717, 1.165) is 12.1 Å². The normalized spacial score (nSPS) is 33.0. The molecule has 3 aromatic rings. The molecule has 2 fully saturated rings. The second-order valence-corrected chi connectivity index (χ2v) is 10.4. The monoisotopic (exact) mass is 608 g/mol. The van der Waals surface area contributed by atoms with Crippen molar-refractivity contribution < 1.29 is 69.3 Å². The van der Waals surface area contributed by atoms with Crippen molar-refractivity contribution in [3.8, 4) is 34.3 Å². The van der Waals surface area contributed by atoms with Crippen LogP contribution < -0.4 is 10.2 Å². The molecule has 2 aliphatic rings. The summed E-state index contributed by atoms with van der Waals surface area (Å²) in [4.78, 5) is 13.5. The van der Waals surface area contributed by atoms with E-state index in [1.807, 2.05) is 0 Å². The molecule has 0 amide bonds. The average Bonchev–Trinajstić information content (AvgIpc) is 2.97. The third kappa shape index (κ3) is 5.86. The van der Waals surface area contributed by atoms with E-state index in [9.17, 15) is 50.8 Å². The maximum atomic E-state index is 13.5. The minimum atomic E-state index is -1.75. The highest BCUT2D eigenvalue weighted by Gasteiger charge is 2.49. The number of hydrogen-bond acceptors (Lipinski definition) is 15. The van der Waals surface area contributed by atoms with Gasteiger partial charge in [0, 0.05) is 17.7 Å². The molecule has 43 heavy (non-hydrogen) atoms. The van der Waals surface area contributed by atoms with E-state index < -0.39 is 91.4 Å². The molecular formula is C28H32O15. The van der Waals surface area contributed by atoms with Gasteiger partial charge in [-0.2, -0.15) is 0 Å². The van der Waals surface area contributed by atoms with E-state index in [1.54, 1.807) is 0 Å². The Morgan fingerprint density at radius 1 is 0.814 bits per heavy atom. The Kier molecular flexibility index (Phi) is 8.80. The van der Waals surface area contributed by atoms with Crippen LogP contribution in [0.15, 0.2) is 45.6 Å². The predicted molar refractivity (Wildman–Crippen MR) is 143 cm³/mol. The Morgan fingerprint density at radius 2 is 1.49 bits per heavy atom. The lowest BCUT2D eigenvalue weighted by atomic mass is 9.95. The van der Waals surface area contributed by atoms with Gasteiger partial charge in [-0.15, -0.1) is 0 Å². The molecule has 15 heteroatoms. The third-order valence-electron chi connectivity index (χ3n) is 7.50.